The molecule has 0 spiro atoms. The molecule has 0 aromatic carbocycles. The number of hydrogen-bond donors (Lipinski definition) is 1. The Morgan fingerprint density at radius 1 is 1.32 bits per heavy atom. The predicted molar refractivity (Wildman–Crippen MR) is 115 cm³/mol. The van der Waals surface area contributed by atoms with Gasteiger partial charge in [0, 0.05) is 30.3 Å². The van der Waals surface area contributed by atoms with E-state index >= 15 is 0 Å². The topological polar surface area (TPSA) is 63.5 Å². The molecule has 158 valence electrons. The van der Waals surface area contributed by atoms with Crippen LogP contribution in [0.25, 0.3) is 0 Å². The summed E-state index contributed by atoms with van der Waals surface area (Å²) in [5, 5.41) is 3.03. The van der Waals surface area contributed by atoms with Crippen LogP contribution in [-0.2, 0) is 21.5 Å². The highest BCUT2D eigenvalue weighted by Crippen LogP contribution is 2.53. The average molecular weight is 408 g/mol. The van der Waals surface area contributed by atoms with Gasteiger partial charge in [-0.15, -0.1) is 0 Å². The Kier molecular flexibility index (Phi) is 6.64. The van der Waals surface area contributed by atoms with Crippen molar-refractivity contribution in [3.63, 3.8) is 0 Å². The summed E-state index contributed by atoms with van der Waals surface area (Å²) >= 11 is 1.57. The van der Waals surface area contributed by atoms with Gasteiger partial charge in [-0.3, -0.25) is 13.5 Å². The van der Waals surface area contributed by atoms with E-state index in [1.54, 1.807) is 11.5 Å². The SMILES string of the molecule is CCCCc1cn(C(C)(C)C)s/c1=N\C(=O)[C@]1(C)CC[C@H](NC(C)=O)C1(C)C. The third kappa shape index (κ3) is 4.42. The molecule has 1 N–H and O–H groups in total. The number of aromatic nitrogens is 1. The number of unbranched alkanes of at least 4 members (excludes halogenated alkanes) is 1. The summed E-state index contributed by atoms with van der Waals surface area (Å²) in [7, 11) is 0. The van der Waals surface area contributed by atoms with Crippen molar-refractivity contribution >= 4 is 23.3 Å². The van der Waals surface area contributed by atoms with Gasteiger partial charge in [-0.25, -0.2) is 4.99 Å². The van der Waals surface area contributed by atoms with Crippen LogP contribution in [0.15, 0.2) is 11.2 Å². The van der Waals surface area contributed by atoms with Gasteiger partial charge in [0.05, 0.1) is 5.41 Å². The largest absolute Gasteiger partial charge is 0.353 e. The van der Waals surface area contributed by atoms with Gasteiger partial charge in [-0.05, 0) is 63.4 Å². The molecule has 1 fully saturated rings. The molecule has 1 saturated carbocycles. The fourth-order valence-electron chi connectivity index (χ4n) is 3.93. The number of hydrogen-bond acceptors (Lipinski definition) is 3. The van der Waals surface area contributed by atoms with Gasteiger partial charge in [0.2, 0.25) is 5.91 Å². The predicted octanol–water partition coefficient (Wildman–Crippen LogP) is 4.41. The molecule has 1 aromatic rings. The van der Waals surface area contributed by atoms with E-state index in [9.17, 15) is 9.59 Å². The highest BCUT2D eigenvalue weighted by molar-refractivity contribution is 7.04. The van der Waals surface area contributed by atoms with Gasteiger partial charge in [-0.2, -0.15) is 0 Å². The van der Waals surface area contributed by atoms with Gasteiger partial charge in [0.25, 0.3) is 5.91 Å². The zero-order valence-corrected chi connectivity index (χ0v) is 19.6. The Balaban J connectivity index is 2.42. The van der Waals surface area contributed by atoms with E-state index in [4.69, 9.17) is 0 Å². The Hall–Kier alpha value is -1.43. The van der Waals surface area contributed by atoms with Crippen LogP contribution in [0, 0.1) is 10.8 Å². The second kappa shape index (κ2) is 8.13. The molecule has 6 heteroatoms. The zero-order chi connectivity index (χ0) is 21.3. The fraction of sp³-hybridized carbons (Fsp3) is 0.773. The Morgan fingerprint density at radius 2 is 1.96 bits per heavy atom. The normalized spacial score (nSPS) is 25.1. The van der Waals surface area contributed by atoms with Crippen molar-refractivity contribution in [1.29, 1.82) is 0 Å². The first-order valence-corrected chi connectivity index (χ1v) is 11.2. The summed E-state index contributed by atoms with van der Waals surface area (Å²) < 4.78 is 3.04. The molecule has 1 aromatic heterocycles. The molecular formula is C22H37N3O2S. The molecule has 5 nitrogen and oxygen atoms in total. The lowest BCUT2D eigenvalue weighted by Crippen LogP contribution is -2.48. The van der Waals surface area contributed by atoms with E-state index in [0.717, 1.165) is 42.3 Å². The molecule has 0 aliphatic heterocycles. The summed E-state index contributed by atoms with van der Waals surface area (Å²) in [6, 6.07) is -0.00319. The van der Waals surface area contributed by atoms with Crippen molar-refractivity contribution in [2.24, 2.45) is 15.8 Å². The molecule has 0 bridgehead atoms. The highest BCUT2D eigenvalue weighted by Gasteiger charge is 2.56. The van der Waals surface area contributed by atoms with Crippen LogP contribution in [0.2, 0.25) is 0 Å². The first-order valence-electron chi connectivity index (χ1n) is 10.4. The van der Waals surface area contributed by atoms with Gasteiger partial charge in [0.15, 0.2) is 0 Å². The molecule has 0 unspecified atom stereocenters. The monoisotopic (exact) mass is 407 g/mol. The summed E-state index contributed by atoms with van der Waals surface area (Å²) in [6.07, 6.45) is 6.85. The number of nitrogens with zero attached hydrogens (tertiary/aromatic N) is 2. The van der Waals surface area contributed by atoms with Gasteiger partial charge < -0.3 is 5.32 Å². The Labute approximate surface area is 173 Å². The minimum absolute atomic E-state index is 0.00319. The van der Waals surface area contributed by atoms with E-state index in [2.05, 4.69) is 62.0 Å². The fourth-order valence-corrected chi connectivity index (χ4v) is 4.97. The zero-order valence-electron chi connectivity index (χ0n) is 18.8. The lowest BCUT2D eigenvalue weighted by molar-refractivity contribution is -0.133. The smallest absolute Gasteiger partial charge is 0.253 e. The maximum absolute atomic E-state index is 13.4. The lowest BCUT2D eigenvalue weighted by atomic mass is 9.67. The van der Waals surface area contributed by atoms with Crippen molar-refractivity contribution < 1.29 is 9.59 Å². The molecule has 28 heavy (non-hydrogen) atoms. The highest BCUT2D eigenvalue weighted by atomic mass is 32.1. The Bertz CT molecular complexity index is 797. The average Bonchev–Trinajstić information content (AvgIpc) is 3.07. The lowest BCUT2D eigenvalue weighted by Gasteiger charge is -2.39. The summed E-state index contributed by atoms with van der Waals surface area (Å²) in [5.41, 5.74) is 0.196. The second-order valence-corrected chi connectivity index (χ2v) is 10.9. The van der Waals surface area contributed by atoms with Crippen molar-refractivity contribution in [3.8, 4) is 0 Å². The minimum atomic E-state index is -0.585. The van der Waals surface area contributed by atoms with Crippen molar-refractivity contribution in [1.82, 2.24) is 9.27 Å². The van der Waals surface area contributed by atoms with E-state index in [0.29, 0.717) is 0 Å². The third-order valence-electron chi connectivity index (χ3n) is 6.47. The van der Waals surface area contributed by atoms with Crippen LogP contribution in [0.1, 0.15) is 86.6 Å². The third-order valence-corrected chi connectivity index (χ3v) is 7.85. The van der Waals surface area contributed by atoms with Crippen LogP contribution in [0.3, 0.4) is 0 Å². The first-order chi connectivity index (χ1) is 12.8. The summed E-state index contributed by atoms with van der Waals surface area (Å²) in [5.74, 6) is -0.107. The van der Waals surface area contributed by atoms with Gasteiger partial charge in [-0.1, -0.05) is 34.1 Å². The van der Waals surface area contributed by atoms with Crippen LogP contribution in [0.4, 0.5) is 0 Å². The summed E-state index contributed by atoms with van der Waals surface area (Å²) in [4.78, 5) is 29.6. The molecule has 2 atom stereocenters. The van der Waals surface area contributed by atoms with E-state index in [1.807, 2.05) is 6.92 Å². The molecule has 2 amide bonds. The number of aryl methyl sites for hydroxylation is 1. The van der Waals surface area contributed by atoms with Crippen LogP contribution in [0.5, 0.6) is 0 Å². The molecule has 0 saturated heterocycles. The summed E-state index contributed by atoms with van der Waals surface area (Å²) in [6.45, 7) is 16.4. The van der Waals surface area contributed by atoms with Crippen LogP contribution in [-0.4, -0.2) is 21.8 Å². The van der Waals surface area contributed by atoms with Crippen molar-refractivity contribution in [2.75, 3.05) is 0 Å². The Morgan fingerprint density at radius 3 is 2.50 bits per heavy atom. The number of carbonyl (C=O) groups excluding carboxylic acids is 2. The van der Waals surface area contributed by atoms with Crippen molar-refractivity contribution in [3.05, 3.63) is 16.4 Å². The van der Waals surface area contributed by atoms with E-state index < -0.39 is 5.41 Å². The number of carbonyl (C=O) groups is 2. The molecule has 2 rings (SSSR count). The second-order valence-electron chi connectivity index (χ2n) is 9.91. The molecule has 1 aliphatic rings. The first kappa shape index (κ1) is 22.9. The molecule has 1 aliphatic carbocycles. The maximum atomic E-state index is 13.4. The van der Waals surface area contributed by atoms with E-state index in [-0.39, 0.29) is 28.8 Å². The molecular weight excluding hydrogens is 370 g/mol. The molecule has 1 heterocycles. The van der Waals surface area contributed by atoms with Crippen molar-refractivity contribution in [2.45, 2.75) is 99.1 Å². The number of rotatable bonds is 5. The van der Waals surface area contributed by atoms with Gasteiger partial charge in [0.1, 0.15) is 4.67 Å². The van der Waals surface area contributed by atoms with Crippen LogP contribution >= 0.6 is 11.5 Å². The maximum Gasteiger partial charge on any atom is 0.253 e. The number of amides is 2. The standard InChI is InChI=1S/C22H37N3O2S/c1-9-10-11-16-14-25(20(3,4)5)28-18(16)24-19(27)22(8)13-12-17(21(22,6)7)23-15(2)26/h14,17H,9-13H2,1-8H3,(H,23,26)/b24-18-/t17-,22-/m0/s1. The number of nitrogens with one attached hydrogen (secondary N) is 1. The molecule has 0 radical (unpaired) electrons. The van der Waals surface area contributed by atoms with Gasteiger partial charge >= 0.3 is 0 Å². The van der Waals surface area contributed by atoms with E-state index in [1.165, 1.54) is 6.92 Å². The minimum Gasteiger partial charge on any atom is -0.353 e. The quantitative estimate of drug-likeness (QED) is 0.786. The van der Waals surface area contributed by atoms with Crippen LogP contribution < -0.4 is 9.99 Å².